The van der Waals surface area contributed by atoms with Gasteiger partial charge in [-0.3, -0.25) is 0 Å². The Morgan fingerprint density at radius 3 is 1.66 bits per heavy atom. The molecule has 1 saturated heterocycles. The van der Waals surface area contributed by atoms with E-state index in [0.717, 1.165) is 19.3 Å². The van der Waals surface area contributed by atoms with Gasteiger partial charge in [-0.05, 0) is 6.42 Å². The van der Waals surface area contributed by atoms with Crippen molar-refractivity contribution in [3.8, 4) is 0 Å². The van der Waals surface area contributed by atoms with Crippen molar-refractivity contribution in [2.24, 2.45) is 5.73 Å². The number of hydrogen-bond donors (Lipinski definition) is 7. The third-order valence-corrected chi connectivity index (χ3v) is 6.71. The maximum Gasteiger partial charge on any atom is 0.114 e. The molecule has 8 atom stereocenters. The van der Waals surface area contributed by atoms with Crippen LogP contribution in [0.15, 0.2) is 0 Å². The molecule has 1 aliphatic heterocycles. The van der Waals surface area contributed by atoms with E-state index in [0.29, 0.717) is 6.42 Å². The summed E-state index contributed by atoms with van der Waals surface area (Å²) in [6.45, 7) is 1.66. The Morgan fingerprint density at radius 1 is 0.719 bits per heavy atom. The van der Waals surface area contributed by atoms with Crippen molar-refractivity contribution in [1.29, 1.82) is 0 Å². The molecule has 0 aromatic carbocycles. The summed E-state index contributed by atoms with van der Waals surface area (Å²) in [5.74, 6) is 0. The zero-order chi connectivity index (χ0) is 23.9. The van der Waals surface area contributed by atoms with Crippen LogP contribution in [0.2, 0.25) is 0 Å². The van der Waals surface area contributed by atoms with Crippen LogP contribution in [0.5, 0.6) is 0 Å². The molecule has 192 valence electrons. The second-order valence-electron chi connectivity index (χ2n) is 9.46. The molecule has 0 radical (unpaired) electrons. The molecule has 0 aliphatic carbocycles. The largest absolute Gasteiger partial charge is 0.394 e. The van der Waals surface area contributed by atoms with Crippen molar-refractivity contribution in [2.45, 2.75) is 146 Å². The predicted molar refractivity (Wildman–Crippen MR) is 124 cm³/mol. The van der Waals surface area contributed by atoms with E-state index in [9.17, 15) is 30.6 Å². The van der Waals surface area contributed by atoms with Gasteiger partial charge in [0.15, 0.2) is 0 Å². The molecule has 0 amide bonds. The SMILES string of the molecule is CCCCCCCCCCCCCCC[C@@H](O)[C@@H](N)C(O)C1O[C@H](CO)[C@@H](O)[C@H](O)[C@H]1O. The predicted octanol–water partition coefficient (Wildman–Crippen LogP) is 1.36. The van der Waals surface area contributed by atoms with Crippen molar-refractivity contribution in [2.75, 3.05) is 6.61 Å². The molecular formula is C24H49NO7. The molecule has 2 unspecified atom stereocenters. The van der Waals surface area contributed by atoms with Crippen LogP contribution in [0.25, 0.3) is 0 Å². The molecule has 0 bridgehead atoms. The first-order chi connectivity index (χ1) is 15.3. The highest BCUT2D eigenvalue weighted by Gasteiger charge is 2.47. The summed E-state index contributed by atoms with van der Waals surface area (Å²) in [4.78, 5) is 0. The molecule has 0 aromatic heterocycles. The van der Waals surface area contributed by atoms with Gasteiger partial charge in [-0.25, -0.2) is 0 Å². The van der Waals surface area contributed by atoms with Gasteiger partial charge in [0.1, 0.15) is 36.6 Å². The van der Waals surface area contributed by atoms with Crippen LogP contribution in [0.3, 0.4) is 0 Å². The van der Waals surface area contributed by atoms with Crippen LogP contribution in [-0.2, 0) is 4.74 Å². The third kappa shape index (κ3) is 10.3. The normalized spacial score (nSPS) is 29.1. The van der Waals surface area contributed by atoms with Crippen LogP contribution in [0.1, 0.15) is 96.8 Å². The molecule has 1 fully saturated rings. The van der Waals surface area contributed by atoms with Gasteiger partial charge in [0.2, 0.25) is 0 Å². The van der Waals surface area contributed by atoms with Crippen LogP contribution in [0.4, 0.5) is 0 Å². The fraction of sp³-hybridized carbons (Fsp3) is 1.00. The number of rotatable bonds is 18. The third-order valence-electron chi connectivity index (χ3n) is 6.71. The Bertz CT molecular complexity index is 454. The molecule has 8 nitrogen and oxygen atoms in total. The van der Waals surface area contributed by atoms with Gasteiger partial charge in [0.05, 0.1) is 18.8 Å². The first kappa shape index (κ1) is 29.7. The van der Waals surface area contributed by atoms with Gasteiger partial charge in [0, 0.05) is 0 Å². The lowest BCUT2D eigenvalue weighted by atomic mass is 9.88. The zero-order valence-electron chi connectivity index (χ0n) is 19.9. The summed E-state index contributed by atoms with van der Waals surface area (Å²) in [6.07, 6.45) is 6.91. The minimum atomic E-state index is -1.58. The highest BCUT2D eigenvalue weighted by Crippen LogP contribution is 2.25. The van der Waals surface area contributed by atoms with Crippen LogP contribution in [-0.4, -0.2) is 86.0 Å². The van der Waals surface area contributed by atoms with Crippen molar-refractivity contribution in [3.63, 3.8) is 0 Å². The van der Waals surface area contributed by atoms with Gasteiger partial charge < -0.3 is 41.1 Å². The summed E-state index contributed by atoms with van der Waals surface area (Å²) in [7, 11) is 0. The van der Waals surface area contributed by atoms with Gasteiger partial charge in [-0.1, -0.05) is 90.4 Å². The Balaban J connectivity index is 2.15. The van der Waals surface area contributed by atoms with E-state index in [2.05, 4.69) is 6.92 Å². The molecule has 32 heavy (non-hydrogen) atoms. The Hall–Kier alpha value is -0.320. The van der Waals surface area contributed by atoms with E-state index in [1.54, 1.807) is 0 Å². The monoisotopic (exact) mass is 463 g/mol. The standard InChI is InChI=1S/C24H49NO7/c1-2-3-4-5-6-7-8-9-10-11-12-13-14-15-17(27)19(25)21(29)24-23(31)22(30)20(28)18(16-26)32-24/h17-24,26-31H,2-16,25H2,1H3/t17-,18-,19-,20-,21?,22+,23-,24?/m1/s1. The molecule has 0 saturated carbocycles. The number of aliphatic hydroxyl groups excluding tert-OH is 6. The number of aliphatic hydroxyl groups is 6. The first-order valence-electron chi connectivity index (χ1n) is 12.8. The topological polar surface area (TPSA) is 157 Å². The molecular weight excluding hydrogens is 414 g/mol. The van der Waals surface area contributed by atoms with E-state index in [1.807, 2.05) is 0 Å². The van der Waals surface area contributed by atoms with Gasteiger partial charge in [0.25, 0.3) is 0 Å². The minimum absolute atomic E-state index is 0.424. The molecule has 8 heteroatoms. The number of hydrogen-bond acceptors (Lipinski definition) is 8. The highest BCUT2D eigenvalue weighted by molar-refractivity contribution is 4.98. The highest BCUT2D eigenvalue weighted by atomic mass is 16.6. The van der Waals surface area contributed by atoms with E-state index >= 15 is 0 Å². The van der Waals surface area contributed by atoms with Crippen LogP contribution < -0.4 is 5.73 Å². The fourth-order valence-electron chi connectivity index (χ4n) is 4.42. The molecule has 0 spiro atoms. The average molecular weight is 464 g/mol. The fourth-order valence-corrected chi connectivity index (χ4v) is 4.42. The Labute approximate surface area is 193 Å². The van der Waals surface area contributed by atoms with Crippen molar-refractivity contribution in [1.82, 2.24) is 0 Å². The lowest BCUT2D eigenvalue weighted by Gasteiger charge is -2.43. The lowest BCUT2D eigenvalue weighted by Crippen LogP contribution is -2.65. The number of unbranched alkanes of at least 4 members (excludes halogenated alkanes) is 12. The molecule has 1 aliphatic rings. The molecule has 0 aromatic rings. The molecule has 8 N–H and O–H groups in total. The van der Waals surface area contributed by atoms with Crippen LogP contribution >= 0.6 is 0 Å². The quantitative estimate of drug-likeness (QED) is 0.150. The van der Waals surface area contributed by atoms with Gasteiger partial charge in [-0.15, -0.1) is 0 Å². The van der Waals surface area contributed by atoms with Crippen LogP contribution in [0, 0.1) is 0 Å². The lowest BCUT2D eigenvalue weighted by molar-refractivity contribution is -0.252. The summed E-state index contributed by atoms with van der Waals surface area (Å²) < 4.78 is 5.33. The van der Waals surface area contributed by atoms with E-state index in [1.165, 1.54) is 64.2 Å². The Kier molecular flexibility index (Phi) is 15.9. The van der Waals surface area contributed by atoms with Crippen molar-refractivity contribution < 1.29 is 35.4 Å². The molecule has 1 heterocycles. The average Bonchev–Trinajstić information content (AvgIpc) is 2.79. The number of ether oxygens (including phenoxy) is 1. The van der Waals surface area contributed by atoms with Crippen molar-refractivity contribution >= 4 is 0 Å². The zero-order valence-corrected chi connectivity index (χ0v) is 19.9. The maximum atomic E-state index is 10.5. The van der Waals surface area contributed by atoms with Gasteiger partial charge >= 0.3 is 0 Å². The summed E-state index contributed by atoms with van der Waals surface area (Å²) in [5, 5.41) is 59.9. The smallest absolute Gasteiger partial charge is 0.114 e. The summed E-state index contributed by atoms with van der Waals surface area (Å²) >= 11 is 0. The Morgan fingerprint density at radius 2 is 1.19 bits per heavy atom. The van der Waals surface area contributed by atoms with E-state index in [4.69, 9.17) is 10.5 Å². The summed E-state index contributed by atoms with van der Waals surface area (Å²) in [6, 6.07) is -1.08. The second kappa shape index (κ2) is 17.2. The van der Waals surface area contributed by atoms with E-state index in [-0.39, 0.29) is 0 Å². The second-order valence-corrected chi connectivity index (χ2v) is 9.46. The molecule has 1 rings (SSSR count). The minimum Gasteiger partial charge on any atom is -0.394 e. The summed E-state index contributed by atoms with van der Waals surface area (Å²) in [5.41, 5.74) is 5.97. The van der Waals surface area contributed by atoms with Crippen molar-refractivity contribution in [3.05, 3.63) is 0 Å². The van der Waals surface area contributed by atoms with E-state index < -0.39 is 55.4 Å². The maximum absolute atomic E-state index is 10.5. The van der Waals surface area contributed by atoms with Gasteiger partial charge in [-0.2, -0.15) is 0 Å². The first-order valence-corrected chi connectivity index (χ1v) is 12.8. The number of nitrogens with two attached hydrogens (primary N) is 1.